The molecule has 0 aromatic heterocycles. The van der Waals surface area contributed by atoms with Crippen LogP contribution in [0.3, 0.4) is 0 Å². The molecule has 0 radical (unpaired) electrons. The lowest BCUT2D eigenvalue weighted by atomic mass is 10.1. The van der Waals surface area contributed by atoms with Crippen molar-refractivity contribution in [3.63, 3.8) is 0 Å². The molecular formula is C20H31F3N2O4. The Hall–Kier alpha value is -1.23. The minimum absolute atomic E-state index is 0.117. The Kier molecular flexibility index (Phi) is 10.9. The van der Waals surface area contributed by atoms with E-state index in [9.17, 15) is 13.2 Å². The van der Waals surface area contributed by atoms with Crippen LogP contribution in [0.4, 0.5) is 13.2 Å². The number of alkyl halides is 3. The van der Waals surface area contributed by atoms with Gasteiger partial charge in [0.1, 0.15) is 0 Å². The first-order chi connectivity index (χ1) is 14.0. The highest BCUT2D eigenvalue weighted by molar-refractivity contribution is 5.19. The van der Waals surface area contributed by atoms with Gasteiger partial charge in [-0.2, -0.15) is 0 Å². The quantitative estimate of drug-likeness (QED) is 0.467. The number of likely N-dealkylation sites (tertiary alicyclic amines) is 1. The van der Waals surface area contributed by atoms with Crippen LogP contribution in [0.2, 0.25) is 0 Å². The number of likely N-dealkylation sites (N-methyl/N-ethyl adjacent to an activating group) is 1. The third-order valence-electron chi connectivity index (χ3n) is 4.67. The van der Waals surface area contributed by atoms with E-state index >= 15 is 0 Å². The van der Waals surface area contributed by atoms with Crippen molar-refractivity contribution >= 4 is 0 Å². The smallest absolute Gasteiger partial charge is 0.377 e. The lowest BCUT2D eigenvalue weighted by molar-refractivity contribution is -0.327. The van der Waals surface area contributed by atoms with Crippen molar-refractivity contribution < 1.29 is 32.1 Å². The van der Waals surface area contributed by atoms with E-state index in [2.05, 4.69) is 39.2 Å². The van der Waals surface area contributed by atoms with Crippen LogP contribution in [0.5, 0.6) is 0 Å². The molecule has 2 rings (SSSR count). The minimum atomic E-state index is -4.61. The summed E-state index contributed by atoms with van der Waals surface area (Å²) in [5, 5.41) is 3.37. The zero-order valence-electron chi connectivity index (χ0n) is 16.8. The fourth-order valence-corrected chi connectivity index (χ4v) is 3.22. The van der Waals surface area contributed by atoms with Crippen LogP contribution in [-0.2, 0) is 18.9 Å². The predicted octanol–water partition coefficient (Wildman–Crippen LogP) is 2.61. The maximum atomic E-state index is 11.8. The molecule has 1 aromatic carbocycles. The van der Waals surface area contributed by atoms with E-state index in [1.165, 1.54) is 5.56 Å². The molecule has 1 aliphatic rings. The van der Waals surface area contributed by atoms with Crippen LogP contribution in [0.15, 0.2) is 30.3 Å². The standard InChI is InChI=1S/C20H31F3N2O4/c1-24-19(17-5-3-2-4-6-17)16-25-8-7-18(15-25)28-13-11-26-9-10-27-12-14-29-20(21,22)23/h2-6,18-19,24H,7-16H2,1H3/t18-,19+/m0/s1. The number of nitrogens with zero attached hydrogens (tertiary/aromatic N) is 1. The first kappa shape index (κ1) is 24.0. The largest absolute Gasteiger partial charge is 0.522 e. The van der Waals surface area contributed by atoms with Crippen LogP contribution in [0, 0.1) is 0 Å². The first-order valence-electron chi connectivity index (χ1n) is 9.90. The Morgan fingerprint density at radius 3 is 2.34 bits per heavy atom. The first-order valence-corrected chi connectivity index (χ1v) is 9.90. The second-order valence-electron chi connectivity index (χ2n) is 6.81. The number of halogens is 3. The Morgan fingerprint density at radius 1 is 1.03 bits per heavy atom. The van der Waals surface area contributed by atoms with Crippen molar-refractivity contribution in [1.82, 2.24) is 10.2 Å². The third-order valence-corrected chi connectivity index (χ3v) is 4.67. The molecule has 29 heavy (non-hydrogen) atoms. The van der Waals surface area contributed by atoms with Gasteiger partial charge in [-0.15, -0.1) is 13.2 Å². The van der Waals surface area contributed by atoms with Gasteiger partial charge in [0, 0.05) is 25.7 Å². The van der Waals surface area contributed by atoms with Gasteiger partial charge in [-0.1, -0.05) is 30.3 Å². The zero-order chi connectivity index (χ0) is 21.0. The Morgan fingerprint density at radius 2 is 1.69 bits per heavy atom. The van der Waals surface area contributed by atoms with Gasteiger partial charge in [0.15, 0.2) is 0 Å². The summed E-state index contributed by atoms with van der Waals surface area (Å²) in [5.41, 5.74) is 1.28. The van der Waals surface area contributed by atoms with E-state index in [0.717, 1.165) is 26.1 Å². The lowest BCUT2D eigenvalue weighted by Crippen LogP contribution is -2.33. The van der Waals surface area contributed by atoms with E-state index in [4.69, 9.17) is 14.2 Å². The Labute approximate surface area is 170 Å². The molecule has 2 atom stereocenters. The van der Waals surface area contributed by atoms with Gasteiger partial charge >= 0.3 is 6.36 Å². The molecule has 166 valence electrons. The fourth-order valence-electron chi connectivity index (χ4n) is 3.22. The van der Waals surface area contributed by atoms with Crippen LogP contribution in [0.1, 0.15) is 18.0 Å². The third kappa shape index (κ3) is 10.4. The summed E-state index contributed by atoms with van der Waals surface area (Å²) in [6.07, 6.45) is -3.42. The van der Waals surface area contributed by atoms with Crippen molar-refractivity contribution in [1.29, 1.82) is 0 Å². The van der Waals surface area contributed by atoms with Crippen molar-refractivity contribution in [3.8, 4) is 0 Å². The fraction of sp³-hybridized carbons (Fsp3) is 0.700. The average molecular weight is 420 g/mol. The highest BCUT2D eigenvalue weighted by atomic mass is 19.4. The van der Waals surface area contributed by atoms with E-state index in [-0.39, 0.29) is 19.3 Å². The minimum Gasteiger partial charge on any atom is -0.377 e. The summed E-state index contributed by atoms with van der Waals surface area (Å²) in [7, 11) is 1.98. The summed E-state index contributed by atoms with van der Waals surface area (Å²) >= 11 is 0. The van der Waals surface area contributed by atoms with Crippen molar-refractivity contribution in [2.75, 3.05) is 66.3 Å². The molecule has 1 N–H and O–H groups in total. The molecule has 0 unspecified atom stereocenters. The molecule has 0 aliphatic carbocycles. The van der Waals surface area contributed by atoms with E-state index < -0.39 is 13.0 Å². The number of nitrogens with one attached hydrogen (secondary N) is 1. The number of benzene rings is 1. The molecule has 1 aromatic rings. The van der Waals surface area contributed by atoms with E-state index in [1.54, 1.807) is 0 Å². The van der Waals surface area contributed by atoms with Gasteiger partial charge in [-0.05, 0) is 19.0 Å². The molecular weight excluding hydrogens is 389 g/mol. The summed E-state index contributed by atoms with van der Waals surface area (Å²) < 4.78 is 55.1. The molecule has 0 amide bonds. The van der Waals surface area contributed by atoms with Crippen molar-refractivity contribution in [3.05, 3.63) is 35.9 Å². The van der Waals surface area contributed by atoms with E-state index in [1.807, 2.05) is 13.1 Å². The summed E-state index contributed by atoms with van der Waals surface area (Å²) in [4.78, 5) is 2.40. The second-order valence-corrected chi connectivity index (χ2v) is 6.81. The summed E-state index contributed by atoms with van der Waals surface area (Å²) in [6, 6.07) is 10.7. The molecule has 0 spiro atoms. The summed E-state index contributed by atoms with van der Waals surface area (Å²) in [5.74, 6) is 0. The number of rotatable bonds is 14. The van der Waals surface area contributed by atoms with Gasteiger partial charge in [-0.25, -0.2) is 0 Å². The molecule has 1 fully saturated rings. The maximum Gasteiger partial charge on any atom is 0.522 e. The van der Waals surface area contributed by atoms with Crippen LogP contribution >= 0.6 is 0 Å². The number of ether oxygens (including phenoxy) is 4. The molecule has 0 bridgehead atoms. The molecule has 1 saturated heterocycles. The Bertz CT molecular complexity index is 548. The molecule has 1 heterocycles. The maximum absolute atomic E-state index is 11.8. The van der Waals surface area contributed by atoms with Crippen molar-refractivity contribution in [2.45, 2.75) is 24.9 Å². The van der Waals surface area contributed by atoms with Crippen LogP contribution in [0.25, 0.3) is 0 Å². The normalized spacial score (nSPS) is 19.0. The summed E-state index contributed by atoms with van der Waals surface area (Å²) in [6.45, 7) is 3.67. The van der Waals surface area contributed by atoms with Crippen LogP contribution < -0.4 is 5.32 Å². The lowest BCUT2D eigenvalue weighted by Gasteiger charge is -2.24. The molecule has 6 nitrogen and oxygen atoms in total. The van der Waals surface area contributed by atoms with E-state index in [0.29, 0.717) is 25.9 Å². The van der Waals surface area contributed by atoms with Gasteiger partial charge in [0.25, 0.3) is 0 Å². The SMILES string of the molecule is CN[C@H](CN1CC[C@H](OCCOCCOCCOC(F)(F)F)C1)c1ccccc1. The zero-order valence-corrected chi connectivity index (χ0v) is 16.8. The number of hydrogen-bond donors (Lipinski definition) is 1. The van der Waals surface area contributed by atoms with Gasteiger partial charge < -0.3 is 19.5 Å². The Balaban J connectivity index is 1.47. The van der Waals surface area contributed by atoms with Crippen molar-refractivity contribution in [2.24, 2.45) is 0 Å². The molecule has 1 aliphatic heterocycles. The van der Waals surface area contributed by atoms with Gasteiger partial charge in [-0.3, -0.25) is 9.64 Å². The monoisotopic (exact) mass is 420 g/mol. The molecule has 0 saturated carbocycles. The number of hydrogen-bond acceptors (Lipinski definition) is 6. The average Bonchev–Trinajstić information content (AvgIpc) is 3.14. The van der Waals surface area contributed by atoms with Crippen LogP contribution in [-0.4, -0.2) is 83.7 Å². The van der Waals surface area contributed by atoms with Gasteiger partial charge in [0.2, 0.25) is 0 Å². The predicted molar refractivity (Wildman–Crippen MR) is 103 cm³/mol. The highest BCUT2D eigenvalue weighted by Gasteiger charge is 2.28. The molecule has 9 heteroatoms. The van der Waals surface area contributed by atoms with Gasteiger partial charge in [0.05, 0.1) is 45.7 Å². The highest BCUT2D eigenvalue weighted by Crippen LogP contribution is 2.19. The second kappa shape index (κ2) is 13.1. The topological polar surface area (TPSA) is 52.2 Å².